The fourth-order valence-electron chi connectivity index (χ4n) is 4.29. The van der Waals surface area contributed by atoms with Crippen molar-refractivity contribution >= 4 is 28.4 Å². The Kier molecular flexibility index (Phi) is 4.37. The highest BCUT2D eigenvalue weighted by molar-refractivity contribution is 6.01. The van der Waals surface area contributed by atoms with Gasteiger partial charge in [0.05, 0.1) is 43.3 Å². The average molecular weight is 433 g/mol. The minimum absolute atomic E-state index is 0.224. The number of aliphatic hydroxyl groups excluding tert-OH is 1. The van der Waals surface area contributed by atoms with E-state index in [1.54, 1.807) is 17.8 Å². The SMILES string of the molecule is CNc1cc(-c2cn(C3COC3)c3ncccc23)nc2c(C(=O)NC3CCC3O)cnn12. The van der Waals surface area contributed by atoms with Crippen LogP contribution in [-0.2, 0) is 4.74 Å². The van der Waals surface area contributed by atoms with Gasteiger partial charge in [0.15, 0.2) is 5.65 Å². The van der Waals surface area contributed by atoms with E-state index < -0.39 is 6.10 Å². The number of hydrogen-bond acceptors (Lipinski definition) is 7. The van der Waals surface area contributed by atoms with E-state index in [0.717, 1.165) is 28.7 Å². The lowest BCUT2D eigenvalue weighted by atomic mass is 9.89. The van der Waals surface area contributed by atoms with Crippen LogP contribution in [0.5, 0.6) is 0 Å². The third kappa shape index (κ3) is 2.87. The van der Waals surface area contributed by atoms with Crippen molar-refractivity contribution in [1.29, 1.82) is 0 Å². The predicted octanol–water partition coefficient (Wildman–Crippen LogP) is 1.61. The monoisotopic (exact) mass is 433 g/mol. The summed E-state index contributed by atoms with van der Waals surface area (Å²) >= 11 is 0. The zero-order valence-electron chi connectivity index (χ0n) is 17.5. The Bertz CT molecular complexity index is 1340. The van der Waals surface area contributed by atoms with Crippen LogP contribution in [0.25, 0.3) is 27.9 Å². The molecule has 3 N–H and O–H groups in total. The lowest BCUT2D eigenvalue weighted by Crippen LogP contribution is -2.50. The fraction of sp³-hybridized carbons (Fsp3) is 0.364. The molecule has 10 heteroatoms. The van der Waals surface area contributed by atoms with E-state index in [4.69, 9.17) is 9.72 Å². The van der Waals surface area contributed by atoms with Gasteiger partial charge in [0, 0.05) is 36.5 Å². The van der Waals surface area contributed by atoms with E-state index in [9.17, 15) is 9.90 Å². The molecule has 1 aliphatic heterocycles. The van der Waals surface area contributed by atoms with Gasteiger partial charge in [-0.15, -0.1) is 0 Å². The maximum atomic E-state index is 12.9. The molecule has 1 saturated heterocycles. The molecular formula is C22H23N7O3. The second kappa shape index (κ2) is 7.28. The number of aromatic nitrogens is 5. The number of pyridine rings is 1. The Morgan fingerprint density at radius 3 is 2.84 bits per heavy atom. The van der Waals surface area contributed by atoms with Crippen LogP contribution in [0.3, 0.4) is 0 Å². The van der Waals surface area contributed by atoms with Crippen molar-refractivity contribution in [2.45, 2.75) is 31.0 Å². The summed E-state index contributed by atoms with van der Waals surface area (Å²) in [7, 11) is 1.81. The van der Waals surface area contributed by atoms with E-state index in [2.05, 4.69) is 31.5 Å². The Balaban J connectivity index is 1.48. The number of nitrogens with one attached hydrogen (secondary N) is 2. The van der Waals surface area contributed by atoms with Crippen LogP contribution in [0.2, 0.25) is 0 Å². The van der Waals surface area contributed by atoms with Gasteiger partial charge in [0.1, 0.15) is 17.0 Å². The summed E-state index contributed by atoms with van der Waals surface area (Å²) in [4.78, 5) is 22.3. The van der Waals surface area contributed by atoms with Crippen molar-refractivity contribution in [2.75, 3.05) is 25.6 Å². The molecule has 5 heterocycles. The average Bonchev–Trinajstić information content (AvgIpc) is 3.37. The molecule has 10 nitrogen and oxygen atoms in total. The first-order chi connectivity index (χ1) is 15.6. The molecule has 4 aromatic rings. The van der Waals surface area contributed by atoms with Crippen LogP contribution in [0.1, 0.15) is 29.2 Å². The number of rotatable bonds is 5. The molecule has 1 amide bonds. The summed E-state index contributed by atoms with van der Waals surface area (Å²) < 4.78 is 9.14. The number of aliphatic hydroxyl groups is 1. The molecule has 164 valence electrons. The van der Waals surface area contributed by atoms with Crippen molar-refractivity contribution < 1.29 is 14.6 Å². The van der Waals surface area contributed by atoms with E-state index >= 15 is 0 Å². The highest BCUT2D eigenvalue weighted by Gasteiger charge is 2.31. The van der Waals surface area contributed by atoms with Crippen LogP contribution in [0.4, 0.5) is 5.82 Å². The smallest absolute Gasteiger partial charge is 0.257 e. The van der Waals surface area contributed by atoms with Crippen molar-refractivity contribution in [3.8, 4) is 11.3 Å². The number of ether oxygens (including phenoxy) is 1. The minimum Gasteiger partial charge on any atom is -0.391 e. The van der Waals surface area contributed by atoms with Crippen LogP contribution in [0, 0.1) is 0 Å². The molecule has 0 spiro atoms. The summed E-state index contributed by atoms with van der Waals surface area (Å²) in [5, 5.41) is 21.2. The zero-order chi connectivity index (χ0) is 21.8. The number of carbonyl (C=O) groups excluding carboxylic acids is 1. The molecule has 4 aromatic heterocycles. The molecule has 6 rings (SSSR count). The molecular weight excluding hydrogens is 410 g/mol. The van der Waals surface area contributed by atoms with Gasteiger partial charge >= 0.3 is 0 Å². The normalized spacial score (nSPS) is 20.8. The van der Waals surface area contributed by atoms with Crippen molar-refractivity contribution in [3.05, 3.63) is 42.4 Å². The van der Waals surface area contributed by atoms with Crippen LogP contribution in [0.15, 0.2) is 36.8 Å². The first-order valence-corrected chi connectivity index (χ1v) is 10.7. The maximum absolute atomic E-state index is 12.9. The first kappa shape index (κ1) is 19.2. The lowest BCUT2D eigenvalue weighted by molar-refractivity contribution is -0.0215. The van der Waals surface area contributed by atoms with Gasteiger partial charge in [-0.25, -0.2) is 9.97 Å². The summed E-state index contributed by atoms with van der Waals surface area (Å²) in [6, 6.07) is 5.88. The van der Waals surface area contributed by atoms with E-state index in [0.29, 0.717) is 36.7 Å². The Labute approximate surface area is 183 Å². The molecule has 32 heavy (non-hydrogen) atoms. The molecule has 2 aliphatic rings. The molecule has 0 bridgehead atoms. The van der Waals surface area contributed by atoms with E-state index in [1.165, 1.54) is 6.20 Å². The van der Waals surface area contributed by atoms with Crippen molar-refractivity contribution in [1.82, 2.24) is 29.5 Å². The number of hydrogen-bond donors (Lipinski definition) is 3. The van der Waals surface area contributed by atoms with E-state index in [-0.39, 0.29) is 18.0 Å². The standard InChI is InChI=1S/C22H23N7O3/c1-23-19-7-17(15-9-28(12-10-32-11-12)20-13(15)3-2-6-24-20)26-21-14(8-25-29(19)21)22(31)27-16-4-5-18(16)30/h2-3,6-9,12,16,18,23,30H,4-5,10-11H2,1H3,(H,27,31). The second-order valence-corrected chi connectivity index (χ2v) is 8.31. The third-order valence-corrected chi connectivity index (χ3v) is 6.41. The quantitative estimate of drug-likeness (QED) is 0.438. The van der Waals surface area contributed by atoms with Crippen molar-refractivity contribution in [3.63, 3.8) is 0 Å². The van der Waals surface area contributed by atoms with Gasteiger partial charge in [0.2, 0.25) is 0 Å². The van der Waals surface area contributed by atoms with Crippen LogP contribution >= 0.6 is 0 Å². The molecule has 2 unspecified atom stereocenters. The third-order valence-electron chi connectivity index (χ3n) is 6.41. The van der Waals surface area contributed by atoms with Gasteiger partial charge in [-0.1, -0.05) is 0 Å². The zero-order valence-corrected chi connectivity index (χ0v) is 17.5. The minimum atomic E-state index is -0.494. The van der Waals surface area contributed by atoms with Crippen molar-refractivity contribution in [2.24, 2.45) is 0 Å². The number of anilines is 1. The van der Waals surface area contributed by atoms with Crippen LogP contribution < -0.4 is 10.6 Å². The Morgan fingerprint density at radius 2 is 2.16 bits per heavy atom. The molecule has 2 fully saturated rings. The van der Waals surface area contributed by atoms with Gasteiger partial charge in [-0.2, -0.15) is 9.61 Å². The molecule has 0 aromatic carbocycles. The molecule has 1 aliphatic carbocycles. The van der Waals surface area contributed by atoms with Gasteiger partial charge in [0.25, 0.3) is 5.91 Å². The summed E-state index contributed by atoms with van der Waals surface area (Å²) in [5.41, 5.74) is 3.36. The Morgan fingerprint density at radius 1 is 1.28 bits per heavy atom. The second-order valence-electron chi connectivity index (χ2n) is 8.31. The van der Waals surface area contributed by atoms with Crippen LogP contribution in [-0.4, -0.2) is 67.6 Å². The molecule has 0 radical (unpaired) electrons. The lowest BCUT2D eigenvalue weighted by Gasteiger charge is -2.32. The van der Waals surface area contributed by atoms with Gasteiger partial charge < -0.3 is 25.0 Å². The van der Waals surface area contributed by atoms with Gasteiger partial charge in [-0.3, -0.25) is 4.79 Å². The molecule has 2 atom stereocenters. The number of carbonyl (C=O) groups is 1. The largest absolute Gasteiger partial charge is 0.391 e. The van der Waals surface area contributed by atoms with Gasteiger partial charge in [-0.05, 0) is 25.0 Å². The Hall–Kier alpha value is -3.50. The number of fused-ring (bicyclic) bond motifs is 2. The van der Waals surface area contributed by atoms with E-state index in [1.807, 2.05) is 18.2 Å². The fourth-order valence-corrected chi connectivity index (χ4v) is 4.29. The highest BCUT2D eigenvalue weighted by atomic mass is 16.5. The number of amides is 1. The maximum Gasteiger partial charge on any atom is 0.257 e. The summed E-state index contributed by atoms with van der Waals surface area (Å²) in [6.45, 7) is 1.32. The molecule has 1 saturated carbocycles. The summed E-state index contributed by atoms with van der Waals surface area (Å²) in [6.07, 6.45) is 6.34. The first-order valence-electron chi connectivity index (χ1n) is 10.7. The number of nitrogens with zero attached hydrogens (tertiary/aromatic N) is 5. The summed E-state index contributed by atoms with van der Waals surface area (Å²) in [5.74, 6) is 0.427. The topological polar surface area (TPSA) is 119 Å². The predicted molar refractivity (Wildman–Crippen MR) is 118 cm³/mol. The highest BCUT2D eigenvalue weighted by Crippen LogP contribution is 2.34.